The third-order valence-corrected chi connectivity index (χ3v) is 2.66. The van der Waals surface area contributed by atoms with Crippen LogP contribution in [0.4, 0.5) is 0 Å². The normalized spacial score (nSPS) is 16.6. The molecule has 0 N–H and O–H groups in total. The van der Waals surface area contributed by atoms with E-state index in [0.717, 1.165) is 10.0 Å². The summed E-state index contributed by atoms with van der Waals surface area (Å²) in [7, 11) is 0. The lowest BCUT2D eigenvalue weighted by atomic mass is 9.95. The van der Waals surface area contributed by atoms with Gasteiger partial charge in [-0.05, 0) is 29.8 Å². The summed E-state index contributed by atoms with van der Waals surface area (Å²) >= 11 is 3.31. The van der Waals surface area contributed by atoms with Crippen LogP contribution < -0.4 is 0 Å². The van der Waals surface area contributed by atoms with E-state index in [0.29, 0.717) is 0 Å². The lowest BCUT2D eigenvalue weighted by molar-refractivity contribution is -0.122. The molecule has 0 saturated heterocycles. The van der Waals surface area contributed by atoms with Crippen LogP contribution in [0.3, 0.4) is 0 Å². The Balaban J connectivity index is 2.41. The Morgan fingerprint density at radius 2 is 1.71 bits per heavy atom. The molecule has 0 heterocycles. The maximum Gasteiger partial charge on any atom is 0.171 e. The van der Waals surface area contributed by atoms with Gasteiger partial charge in [-0.25, -0.2) is 0 Å². The molecule has 1 aromatic rings. The lowest BCUT2D eigenvalue weighted by Gasteiger charge is -2.06. The van der Waals surface area contributed by atoms with Crippen molar-refractivity contribution in [3.8, 4) is 0 Å². The highest BCUT2D eigenvalue weighted by atomic mass is 79.9. The van der Waals surface area contributed by atoms with Gasteiger partial charge in [0.1, 0.15) is 5.92 Å². The molecule has 0 aromatic heterocycles. The second kappa shape index (κ2) is 3.50. The summed E-state index contributed by atoms with van der Waals surface area (Å²) in [6.45, 7) is 0. The fourth-order valence-electron chi connectivity index (χ4n) is 1.51. The summed E-state index contributed by atoms with van der Waals surface area (Å²) in [4.78, 5) is 22.7. The number of hydrogen-bond acceptors (Lipinski definition) is 2. The molecule has 70 valence electrons. The highest BCUT2D eigenvalue weighted by molar-refractivity contribution is 9.10. The first-order valence-corrected chi connectivity index (χ1v) is 4.99. The number of carbonyl (C=O) groups is 2. The van der Waals surface area contributed by atoms with Crippen LogP contribution in [0, 0.1) is 0 Å². The number of halogens is 1. The molecular formula is C11H7BrO2. The average molecular weight is 251 g/mol. The molecule has 1 aliphatic rings. The number of ketones is 2. The Labute approximate surface area is 89.8 Å². The van der Waals surface area contributed by atoms with E-state index in [4.69, 9.17) is 0 Å². The maximum atomic E-state index is 11.4. The van der Waals surface area contributed by atoms with Gasteiger partial charge in [-0.3, -0.25) is 9.59 Å². The number of rotatable bonds is 1. The van der Waals surface area contributed by atoms with Crippen LogP contribution in [-0.2, 0) is 9.59 Å². The van der Waals surface area contributed by atoms with Crippen LogP contribution in [0.5, 0.6) is 0 Å². The van der Waals surface area contributed by atoms with E-state index in [1.165, 1.54) is 12.2 Å². The van der Waals surface area contributed by atoms with Crippen molar-refractivity contribution in [2.75, 3.05) is 0 Å². The minimum absolute atomic E-state index is 0.131. The molecule has 3 heteroatoms. The standard InChI is InChI=1S/C11H7BrO2/c12-8-3-1-2-7(6-8)11-9(13)4-5-10(11)14/h1-6,11H. The second-order valence-corrected chi connectivity index (χ2v) is 4.04. The molecule has 2 rings (SSSR count). The zero-order valence-electron chi connectivity index (χ0n) is 7.24. The molecule has 1 aliphatic carbocycles. The van der Waals surface area contributed by atoms with Gasteiger partial charge < -0.3 is 0 Å². The number of allylic oxidation sites excluding steroid dienone is 2. The van der Waals surface area contributed by atoms with Crippen molar-refractivity contribution in [1.29, 1.82) is 0 Å². The zero-order chi connectivity index (χ0) is 10.1. The molecule has 0 amide bonds. The van der Waals surface area contributed by atoms with Gasteiger partial charge in [-0.15, -0.1) is 0 Å². The van der Waals surface area contributed by atoms with E-state index in [2.05, 4.69) is 15.9 Å². The van der Waals surface area contributed by atoms with Crippen molar-refractivity contribution in [2.24, 2.45) is 0 Å². The number of benzene rings is 1. The van der Waals surface area contributed by atoms with E-state index in [9.17, 15) is 9.59 Å². The second-order valence-electron chi connectivity index (χ2n) is 3.13. The van der Waals surface area contributed by atoms with Crippen molar-refractivity contribution in [1.82, 2.24) is 0 Å². The maximum absolute atomic E-state index is 11.4. The van der Waals surface area contributed by atoms with Crippen LogP contribution in [-0.4, -0.2) is 11.6 Å². The molecule has 0 unspecified atom stereocenters. The molecule has 1 aromatic carbocycles. The summed E-state index contributed by atoms with van der Waals surface area (Å²) in [6, 6.07) is 7.27. The average Bonchev–Trinajstić information content (AvgIpc) is 2.46. The fourth-order valence-corrected chi connectivity index (χ4v) is 1.93. The van der Waals surface area contributed by atoms with Gasteiger partial charge in [0.2, 0.25) is 0 Å². The minimum Gasteiger partial charge on any atom is -0.294 e. The molecule has 14 heavy (non-hydrogen) atoms. The van der Waals surface area contributed by atoms with Gasteiger partial charge in [-0.1, -0.05) is 28.1 Å². The highest BCUT2D eigenvalue weighted by Crippen LogP contribution is 2.25. The molecule has 0 radical (unpaired) electrons. The van der Waals surface area contributed by atoms with Crippen LogP contribution >= 0.6 is 15.9 Å². The monoisotopic (exact) mass is 250 g/mol. The zero-order valence-corrected chi connectivity index (χ0v) is 8.82. The van der Waals surface area contributed by atoms with Crippen molar-refractivity contribution >= 4 is 27.5 Å². The van der Waals surface area contributed by atoms with Gasteiger partial charge >= 0.3 is 0 Å². The van der Waals surface area contributed by atoms with Crippen molar-refractivity contribution in [3.05, 3.63) is 46.5 Å². The summed E-state index contributed by atoms with van der Waals surface area (Å²) in [6.07, 6.45) is 2.68. The molecule has 0 spiro atoms. The smallest absolute Gasteiger partial charge is 0.171 e. The molecule has 0 fully saturated rings. The summed E-state index contributed by atoms with van der Waals surface area (Å²) in [5.74, 6) is -0.881. The molecular weight excluding hydrogens is 244 g/mol. The topological polar surface area (TPSA) is 34.1 Å². The van der Waals surface area contributed by atoms with Crippen LogP contribution in [0.25, 0.3) is 0 Å². The minimum atomic E-state index is -0.618. The van der Waals surface area contributed by atoms with Gasteiger partial charge in [-0.2, -0.15) is 0 Å². The largest absolute Gasteiger partial charge is 0.294 e. The summed E-state index contributed by atoms with van der Waals surface area (Å²) in [5, 5.41) is 0. The van der Waals surface area contributed by atoms with E-state index >= 15 is 0 Å². The van der Waals surface area contributed by atoms with Crippen molar-refractivity contribution in [2.45, 2.75) is 5.92 Å². The molecule has 0 atom stereocenters. The first kappa shape index (κ1) is 9.34. The van der Waals surface area contributed by atoms with Gasteiger partial charge in [0.25, 0.3) is 0 Å². The summed E-state index contributed by atoms with van der Waals surface area (Å²) in [5.41, 5.74) is 0.749. The Kier molecular flexibility index (Phi) is 2.33. The lowest BCUT2D eigenvalue weighted by Crippen LogP contribution is -2.12. The number of carbonyl (C=O) groups excluding carboxylic acids is 2. The number of hydrogen-bond donors (Lipinski definition) is 0. The van der Waals surface area contributed by atoms with Gasteiger partial charge in [0.15, 0.2) is 11.6 Å². The molecule has 0 bridgehead atoms. The quantitative estimate of drug-likeness (QED) is 0.717. The predicted octanol–water partition coefficient (Wildman–Crippen LogP) is 2.24. The Morgan fingerprint density at radius 1 is 1.07 bits per heavy atom. The van der Waals surface area contributed by atoms with Gasteiger partial charge in [0.05, 0.1) is 0 Å². The van der Waals surface area contributed by atoms with E-state index in [-0.39, 0.29) is 11.6 Å². The first-order valence-electron chi connectivity index (χ1n) is 4.20. The van der Waals surface area contributed by atoms with Crippen molar-refractivity contribution in [3.63, 3.8) is 0 Å². The first-order chi connectivity index (χ1) is 6.68. The third kappa shape index (κ3) is 1.55. The predicted molar refractivity (Wildman–Crippen MR) is 56.0 cm³/mol. The summed E-state index contributed by atoms with van der Waals surface area (Å²) < 4.78 is 0.877. The Bertz CT molecular complexity index is 417. The third-order valence-electron chi connectivity index (χ3n) is 2.16. The molecule has 0 aliphatic heterocycles. The van der Waals surface area contributed by atoms with E-state index < -0.39 is 5.92 Å². The van der Waals surface area contributed by atoms with E-state index in [1.54, 1.807) is 12.1 Å². The fraction of sp³-hybridized carbons (Fsp3) is 0.0909. The van der Waals surface area contributed by atoms with E-state index in [1.807, 2.05) is 12.1 Å². The SMILES string of the molecule is O=C1C=CC(=O)C1c1cccc(Br)c1. The van der Waals surface area contributed by atoms with Gasteiger partial charge in [0, 0.05) is 4.47 Å². The highest BCUT2D eigenvalue weighted by Gasteiger charge is 2.29. The van der Waals surface area contributed by atoms with Crippen LogP contribution in [0.2, 0.25) is 0 Å². The van der Waals surface area contributed by atoms with Crippen molar-refractivity contribution < 1.29 is 9.59 Å². The molecule has 0 saturated carbocycles. The Morgan fingerprint density at radius 3 is 2.29 bits per heavy atom. The van der Waals surface area contributed by atoms with Crippen LogP contribution in [0.15, 0.2) is 40.9 Å². The molecule has 2 nitrogen and oxygen atoms in total. The Hall–Kier alpha value is -1.22. The van der Waals surface area contributed by atoms with Crippen LogP contribution in [0.1, 0.15) is 11.5 Å².